The SMILES string of the molecule is O=C(N1COc2ncc(C(F)(F)F)cc2C1)[C@@]1(C2CC2)CC[C@@H](N2CCC(c3ccc(F)cc3)CC2)CO1. The minimum absolute atomic E-state index is 0.0171. The van der Waals surface area contributed by atoms with Crippen molar-refractivity contribution in [1.82, 2.24) is 14.8 Å². The Morgan fingerprint density at radius 1 is 1.05 bits per heavy atom. The molecule has 6 rings (SSSR count). The lowest BCUT2D eigenvalue weighted by Crippen LogP contribution is -2.59. The van der Waals surface area contributed by atoms with Crippen molar-refractivity contribution >= 4 is 5.91 Å². The third kappa shape index (κ3) is 4.88. The maximum atomic E-state index is 13.8. The highest BCUT2D eigenvalue weighted by atomic mass is 19.4. The van der Waals surface area contributed by atoms with Crippen LogP contribution in [0.5, 0.6) is 5.88 Å². The van der Waals surface area contributed by atoms with Crippen LogP contribution in [0.15, 0.2) is 36.5 Å². The third-order valence-electron chi connectivity index (χ3n) is 8.63. The zero-order valence-electron chi connectivity index (χ0n) is 21.1. The van der Waals surface area contributed by atoms with Crippen LogP contribution in [0.1, 0.15) is 61.1 Å². The molecule has 4 heterocycles. The van der Waals surface area contributed by atoms with Gasteiger partial charge in [0.25, 0.3) is 5.91 Å². The Morgan fingerprint density at radius 2 is 1.79 bits per heavy atom. The van der Waals surface area contributed by atoms with E-state index < -0.39 is 17.3 Å². The van der Waals surface area contributed by atoms with Crippen molar-refractivity contribution in [2.75, 3.05) is 26.4 Å². The van der Waals surface area contributed by atoms with E-state index in [4.69, 9.17) is 9.47 Å². The minimum Gasteiger partial charge on any atom is -0.456 e. The van der Waals surface area contributed by atoms with Crippen LogP contribution >= 0.6 is 0 Å². The van der Waals surface area contributed by atoms with Crippen molar-refractivity contribution < 1.29 is 31.8 Å². The van der Waals surface area contributed by atoms with Crippen molar-refractivity contribution in [3.8, 4) is 5.88 Å². The van der Waals surface area contributed by atoms with Gasteiger partial charge in [0.1, 0.15) is 11.4 Å². The highest BCUT2D eigenvalue weighted by Crippen LogP contribution is 2.48. The number of amides is 1. The van der Waals surface area contributed by atoms with E-state index in [0.29, 0.717) is 18.9 Å². The molecule has 1 amide bonds. The summed E-state index contributed by atoms with van der Waals surface area (Å²) in [5, 5.41) is 0. The topological polar surface area (TPSA) is 54.9 Å². The van der Waals surface area contributed by atoms with E-state index in [1.54, 1.807) is 0 Å². The number of pyridine rings is 1. The summed E-state index contributed by atoms with van der Waals surface area (Å²) in [6.45, 7) is 2.26. The van der Waals surface area contributed by atoms with E-state index in [2.05, 4.69) is 9.88 Å². The lowest BCUT2D eigenvalue weighted by molar-refractivity contribution is -0.180. The molecule has 38 heavy (non-hydrogen) atoms. The second-order valence-corrected chi connectivity index (χ2v) is 11.0. The largest absolute Gasteiger partial charge is 0.456 e. The number of carbonyl (C=O) groups is 1. The molecule has 1 aliphatic carbocycles. The number of rotatable bonds is 4. The zero-order valence-corrected chi connectivity index (χ0v) is 21.1. The third-order valence-corrected chi connectivity index (χ3v) is 8.63. The fourth-order valence-corrected chi connectivity index (χ4v) is 6.30. The van der Waals surface area contributed by atoms with Gasteiger partial charge in [-0.3, -0.25) is 9.69 Å². The molecule has 2 atom stereocenters. The molecule has 204 valence electrons. The van der Waals surface area contributed by atoms with Crippen LogP contribution in [-0.4, -0.2) is 58.8 Å². The Hall–Kier alpha value is -2.72. The van der Waals surface area contributed by atoms with Gasteiger partial charge in [0.2, 0.25) is 5.88 Å². The van der Waals surface area contributed by atoms with Crippen molar-refractivity contribution in [2.45, 2.75) is 68.8 Å². The average Bonchev–Trinajstić information content (AvgIpc) is 3.78. The van der Waals surface area contributed by atoms with Gasteiger partial charge in [-0.2, -0.15) is 13.2 Å². The first-order chi connectivity index (χ1) is 18.2. The van der Waals surface area contributed by atoms with Crippen molar-refractivity contribution in [3.63, 3.8) is 0 Å². The van der Waals surface area contributed by atoms with Crippen LogP contribution in [0, 0.1) is 11.7 Å². The molecule has 0 spiro atoms. The normalized spacial score (nSPS) is 27.1. The van der Waals surface area contributed by atoms with Crippen LogP contribution in [0.4, 0.5) is 17.6 Å². The number of hydrogen-bond acceptors (Lipinski definition) is 5. The molecule has 2 saturated heterocycles. The zero-order chi connectivity index (χ0) is 26.5. The molecule has 0 bridgehead atoms. The fraction of sp³-hybridized carbons (Fsp3) is 0.571. The molecule has 0 radical (unpaired) electrons. The summed E-state index contributed by atoms with van der Waals surface area (Å²) in [6.07, 6.45) is 1.46. The van der Waals surface area contributed by atoms with Gasteiger partial charge >= 0.3 is 6.18 Å². The fourth-order valence-electron chi connectivity index (χ4n) is 6.30. The van der Waals surface area contributed by atoms with E-state index in [9.17, 15) is 22.4 Å². The van der Waals surface area contributed by atoms with Gasteiger partial charge < -0.3 is 14.4 Å². The standard InChI is InChI=1S/C28H31F4N3O3/c29-23-5-1-18(2-6-23)19-8-11-34(12-9-19)24-7-10-27(38-16-24,21-3-4-21)26(36)35-15-20-13-22(28(30,31)32)14-33-25(20)37-17-35/h1-2,5-6,13-14,19,21,24H,3-4,7-12,15-17H2/t24-,27+/m1/s1. The van der Waals surface area contributed by atoms with Crippen molar-refractivity contribution in [2.24, 2.45) is 5.92 Å². The van der Waals surface area contributed by atoms with Crippen LogP contribution < -0.4 is 4.74 Å². The summed E-state index contributed by atoms with van der Waals surface area (Å²) in [5.41, 5.74) is -0.375. The molecule has 1 aromatic carbocycles. The van der Waals surface area contributed by atoms with Gasteiger partial charge in [-0.15, -0.1) is 0 Å². The number of alkyl halides is 3. The van der Waals surface area contributed by atoms with Crippen LogP contribution in [0.2, 0.25) is 0 Å². The van der Waals surface area contributed by atoms with Gasteiger partial charge in [-0.1, -0.05) is 12.1 Å². The molecule has 6 nitrogen and oxygen atoms in total. The van der Waals surface area contributed by atoms with E-state index in [0.717, 1.165) is 57.5 Å². The number of ether oxygens (including phenoxy) is 2. The summed E-state index contributed by atoms with van der Waals surface area (Å²) in [6, 6.07) is 8.01. The molecule has 4 aliphatic rings. The number of hydrogen-bond donors (Lipinski definition) is 0. The number of nitrogens with zero attached hydrogens (tertiary/aromatic N) is 3. The molecule has 1 saturated carbocycles. The molecule has 10 heteroatoms. The first-order valence-corrected chi connectivity index (χ1v) is 13.3. The monoisotopic (exact) mass is 533 g/mol. The Kier molecular flexibility index (Phi) is 6.58. The van der Waals surface area contributed by atoms with Gasteiger partial charge in [0.05, 0.1) is 18.7 Å². The Morgan fingerprint density at radius 3 is 2.42 bits per heavy atom. The van der Waals surface area contributed by atoms with Gasteiger partial charge in [0.15, 0.2) is 6.73 Å². The molecule has 2 aromatic rings. The molecule has 1 aromatic heterocycles. The van der Waals surface area contributed by atoms with E-state index >= 15 is 0 Å². The molecule has 0 N–H and O–H groups in total. The predicted octanol–water partition coefficient (Wildman–Crippen LogP) is 5.13. The van der Waals surface area contributed by atoms with Gasteiger partial charge in [0, 0.05) is 17.8 Å². The summed E-state index contributed by atoms with van der Waals surface area (Å²) in [5.74, 6) is 0.258. The minimum atomic E-state index is -4.52. The van der Waals surface area contributed by atoms with Crippen LogP contribution in [0.3, 0.4) is 0 Å². The van der Waals surface area contributed by atoms with Crippen molar-refractivity contribution in [1.29, 1.82) is 0 Å². The van der Waals surface area contributed by atoms with Gasteiger partial charge in [-0.25, -0.2) is 9.37 Å². The summed E-state index contributed by atoms with van der Waals surface area (Å²) >= 11 is 0. The number of halogens is 4. The number of fused-ring (bicyclic) bond motifs is 1. The lowest BCUT2D eigenvalue weighted by Gasteiger charge is -2.46. The lowest BCUT2D eigenvalue weighted by atomic mass is 9.84. The summed E-state index contributed by atoms with van der Waals surface area (Å²) in [7, 11) is 0. The number of likely N-dealkylation sites (tertiary alicyclic amines) is 1. The number of piperidine rings is 1. The smallest absolute Gasteiger partial charge is 0.417 e. The molecule has 3 fully saturated rings. The van der Waals surface area contributed by atoms with Crippen LogP contribution in [-0.2, 0) is 22.3 Å². The first-order valence-electron chi connectivity index (χ1n) is 13.3. The Labute approximate surface area is 218 Å². The Balaban J connectivity index is 1.09. The van der Waals surface area contributed by atoms with E-state index in [-0.39, 0.29) is 48.4 Å². The summed E-state index contributed by atoms with van der Waals surface area (Å²) in [4.78, 5) is 21.5. The maximum absolute atomic E-state index is 13.8. The Bertz CT molecular complexity index is 1170. The van der Waals surface area contributed by atoms with Crippen molar-refractivity contribution in [3.05, 3.63) is 59.0 Å². The summed E-state index contributed by atoms with van der Waals surface area (Å²) < 4.78 is 64.9. The highest BCUT2D eigenvalue weighted by molar-refractivity contribution is 5.86. The molecule has 0 unspecified atom stereocenters. The molecular formula is C28H31F4N3O3. The van der Waals surface area contributed by atoms with Crippen LogP contribution in [0.25, 0.3) is 0 Å². The van der Waals surface area contributed by atoms with E-state index in [1.165, 1.54) is 22.6 Å². The molecular weight excluding hydrogens is 502 g/mol. The van der Waals surface area contributed by atoms with E-state index in [1.807, 2.05) is 12.1 Å². The molecule has 3 aliphatic heterocycles. The second kappa shape index (κ2) is 9.79. The number of aromatic nitrogens is 1. The second-order valence-electron chi connectivity index (χ2n) is 11.0. The first kappa shape index (κ1) is 25.6. The predicted molar refractivity (Wildman–Crippen MR) is 130 cm³/mol. The number of benzene rings is 1. The maximum Gasteiger partial charge on any atom is 0.417 e. The quantitative estimate of drug-likeness (QED) is 0.511. The van der Waals surface area contributed by atoms with Gasteiger partial charge in [-0.05, 0) is 87.2 Å². The highest BCUT2D eigenvalue weighted by Gasteiger charge is 2.56. The number of carbonyl (C=O) groups excluding carboxylic acids is 1. The average molecular weight is 534 g/mol.